The first-order valence-corrected chi connectivity index (χ1v) is 8.11. The van der Waals surface area contributed by atoms with Crippen molar-refractivity contribution in [2.24, 2.45) is 0 Å². The quantitative estimate of drug-likeness (QED) is 0.744. The number of carbonyl (C=O) groups is 1. The van der Waals surface area contributed by atoms with E-state index in [9.17, 15) is 4.79 Å². The van der Waals surface area contributed by atoms with Crippen molar-refractivity contribution < 1.29 is 4.79 Å². The van der Waals surface area contributed by atoms with Gasteiger partial charge in [0.1, 0.15) is 4.60 Å². The van der Waals surface area contributed by atoms with E-state index in [4.69, 9.17) is 0 Å². The number of benzene rings is 1. The van der Waals surface area contributed by atoms with E-state index in [0.717, 1.165) is 18.7 Å². The summed E-state index contributed by atoms with van der Waals surface area (Å²) in [7, 11) is 0. The van der Waals surface area contributed by atoms with E-state index >= 15 is 0 Å². The SMILES string of the molecule is CCCn1cc(NC(=O)c2cnn(-c3ccccc3)c2Br)cn1. The number of halogens is 1. The van der Waals surface area contributed by atoms with Gasteiger partial charge in [0.15, 0.2) is 0 Å². The molecule has 2 aromatic heterocycles. The second-order valence-corrected chi connectivity index (χ2v) is 5.79. The monoisotopic (exact) mass is 373 g/mol. The zero-order valence-electron chi connectivity index (χ0n) is 12.6. The number of amides is 1. The number of para-hydroxylation sites is 1. The lowest BCUT2D eigenvalue weighted by Gasteiger charge is -2.04. The maximum absolute atomic E-state index is 12.4. The molecule has 118 valence electrons. The molecule has 0 saturated heterocycles. The molecule has 0 fully saturated rings. The maximum Gasteiger partial charge on any atom is 0.260 e. The van der Waals surface area contributed by atoms with E-state index in [1.54, 1.807) is 21.8 Å². The third-order valence-corrected chi connectivity index (χ3v) is 4.06. The van der Waals surface area contributed by atoms with Gasteiger partial charge in [-0.1, -0.05) is 25.1 Å². The highest BCUT2D eigenvalue weighted by molar-refractivity contribution is 9.10. The van der Waals surface area contributed by atoms with Crippen molar-refractivity contribution in [3.05, 3.63) is 59.1 Å². The number of anilines is 1. The first kappa shape index (κ1) is 15.5. The second-order valence-electron chi connectivity index (χ2n) is 5.04. The number of nitrogens with one attached hydrogen (secondary N) is 1. The fourth-order valence-electron chi connectivity index (χ4n) is 2.21. The molecule has 0 spiro atoms. The molecule has 0 aliphatic rings. The summed E-state index contributed by atoms with van der Waals surface area (Å²) in [6.07, 6.45) is 5.99. The maximum atomic E-state index is 12.4. The minimum Gasteiger partial charge on any atom is -0.319 e. The Hall–Kier alpha value is -2.41. The Kier molecular flexibility index (Phi) is 4.57. The average Bonchev–Trinajstić information content (AvgIpc) is 3.15. The Morgan fingerprint density at radius 2 is 2.00 bits per heavy atom. The van der Waals surface area contributed by atoms with E-state index in [1.165, 1.54) is 0 Å². The van der Waals surface area contributed by atoms with Gasteiger partial charge < -0.3 is 5.32 Å². The lowest BCUT2D eigenvalue weighted by molar-refractivity contribution is 0.102. The highest BCUT2D eigenvalue weighted by Crippen LogP contribution is 2.21. The van der Waals surface area contributed by atoms with Crippen molar-refractivity contribution >= 4 is 27.5 Å². The first-order valence-electron chi connectivity index (χ1n) is 7.31. The highest BCUT2D eigenvalue weighted by Gasteiger charge is 2.17. The number of nitrogens with zero attached hydrogens (tertiary/aromatic N) is 4. The van der Waals surface area contributed by atoms with Crippen LogP contribution in [-0.4, -0.2) is 25.5 Å². The van der Waals surface area contributed by atoms with Crippen LogP contribution in [-0.2, 0) is 6.54 Å². The average molecular weight is 374 g/mol. The minimum absolute atomic E-state index is 0.227. The van der Waals surface area contributed by atoms with Gasteiger partial charge in [-0.3, -0.25) is 9.48 Å². The van der Waals surface area contributed by atoms with E-state index in [2.05, 4.69) is 38.4 Å². The minimum atomic E-state index is -0.227. The molecule has 7 heteroatoms. The van der Waals surface area contributed by atoms with Crippen molar-refractivity contribution in [2.45, 2.75) is 19.9 Å². The van der Waals surface area contributed by atoms with Crippen molar-refractivity contribution in [3.63, 3.8) is 0 Å². The summed E-state index contributed by atoms with van der Waals surface area (Å²) >= 11 is 3.45. The number of rotatable bonds is 5. The molecule has 0 aliphatic carbocycles. The molecule has 3 aromatic rings. The van der Waals surface area contributed by atoms with Crippen LogP contribution in [0, 0.1) is 0 Å². The molecule has 0 unspecified atom stereocenters. The second kappa shape index (κ2) is 6.78. The molecule has 0 aliphatic heterocycles. The Bertz CT molecular complexity index is 809. The van der Waals surface area contributed by atoms with Gasteiger partial charge in [0, 0.05) is 12.7 Å². The Morgan fingerprint density at radius 1 is 1.22 bits per heavy atom. The van der Waals surface area contributed by atoms with Gasteiger partial charge in [0.2, 0.25) is 0 Å². The van der Waals surface area contributed by atoms with Crippen LogP contribution in [0.3, 0.4) is 0 Å². The molecule has 1 amide bonds. The lowest BCUT2D eigenvalue weighted by atomic mass is 10.3. The summed E-state index contributed by atoms with van der Waals surface area (Å²) in [5.74, 6) is -0.227. The summed E-state index contributed by atoms with van der Waals surface area (Å²) in [5.41, 5.74) is 2.02. The lowest BCUT2D eigenvalue weighted by Crippen LogP contribution is -2.11. The number of hydrogen-bond acceptors (Lipinski definition) is 3. The van der Waals surface area contributed by atoms with Gasteiger partial charge in [-0.15, -0.1) is 0 Å². The molecule has 1 N–H and O–H groups in total. The van der Waals surface area contributed by atoms with Crippen LogP contribution < -0.4 is 5.32 Å². The number of aromatic nitrogens is 4. The number of carbonyl (C=O) groups excluding carboxylic acids is 1. The van der Waals surface area contributed by atoms with Crippen molar-refractivity contribution in [2.75, 3.05) is 5.32 Å². The molecule has 0 atom stereocenters. The van der Waals surface area contributed by atoms with E-state index < -0.39 is 0 Å². The van der Waals surface area contributed by atoms with Crippen LogP contribution in [0.5, 0.6) is 0 Å². The first-order chi connectivity index (χ1) is 11.2. The largest absolute Gasteiger partial charge is 0.319 e. The smallest absolute Gasteiger partial charge is 0.260 e. The normalized spacial score (nSPS) is 10.7. The Morgan fingerprint density at radius 3 is 2.74 bits per heavy atom. The predicted molar refractivity (Wildman–Crippen MR) is 91.7 cm³/mol. The molecule has 1 aromatic carbocycles. The topological polar surface area (TPSA) is 64.7 Å². The molecule has 3 rings (SSSR count). The van der Waals surface area contributed by atoms with Crippen LogP contribution >= 0.6 is 15.9 Å². The molecule has 23 heavy (non-hydrogen) atoms. The van der Waals surface area contributed by atoms with Crippen molar-refractivity contribution in [1.29, 1.82) is 0 Å². The van der Waals surface area contributed by atoms with Gasteiger partial charge in [-0.2, -0.15) is 10.2 Å². The highest BCUT2D eigenvalue weighted by atomic mass is 79.9. The number of aryl methyl sites for hydroxylation is 1. The zero-order valence-corrected chi connectivity index (χ0v) is 14.2. The summed E-state index contributed by atoms with van der Waals surface area (Å²) in [5, 5.41) is 11.3. The fourth-order valence-corrected chi connectivity index (χ4v) is 2.79. The predicted octanol–water partition coefficient (Wildman–Crippen LogP) is 3.49. The molecule has 0 radical (unpaired) electrons. The summed E-state index contributed by atoms with van der Waals surface area (Å²) in [6.45, 7) is 2.90. The fraction of sp³-hybridized carbons (Fsp3) is 0.188. The van der Waals surface area contributed by atoms with Crippen LogP contribution in [0.25, 0.3) is 5.69 Å². The molecule has 6 nitrogen and oxygen atoms in total. The van der Waals surface area contributed by atoms with Crippen LogP contribution in [0.1, 0.15) is 23.7 Å². The zero-order chi connectivity index (χ0) is 16.2. The van der Waals surface area contributed by atoms with Gasteiger partial charge >= 0.3 is 0 Å². The summed E-state index contributed by atoms with van der Waals surface area (Å²) in [4.78, 5) is 12.4. The third kappa shape index (κ3) is 3.34. The Balaban J connectivity index is 1.79. The van der Waals surface area contributed by atoms with E-state index in [-0.39, 0.29) is 5.91 Å². The summed E-state index contributed by atoms with van der Waals surface area (Å²) in [6, 6.07) is 9.63. The van der Waals surface area contributed by atoms with E-state index in [0.29, 0.717) is 15.9 Å². The van der Waals surface area contributed by atoms with Gasteiger partial charge in [-0.05, 0) is 34.5 Å². The Labute approximate surface area is 142 Å². The molecule has 0 bridgehead atoms. The van der Waals surface area contributed by atoms with Crippen molar-refractivity contribution in [3.8, 4) is 5.69 Å². The number of hydrogen-bond donors (Lipinski definition) is 1. The molecular formula is C16H16BrN5O. The summed E-state index contributed by atoms with van der Waals surface area (Å²) < 4.78 is 4.09. The third-order valence-electron chi connectivity index (χ3n) is 3.30. The van der Waals surface area contributed by atoms with E-state index in [1.807, 2.05) is 36.5 Å². The van der Waals surface area contributed by atoms with Gasteiger partial charge in [0.25, 0.3) is 5.91 Å². The van der Waals surface area contributed by atoms with Crippen molar-refractivity contribution in [1.82, 2.24) is 19.6 Å². The van der Waals surface area contributed by atoms with Gasteiger partial charge in [-0.25, -0.2) is 4.68 Å². The standard InChI is InChI=1S/C16H16BrN5O/c1-2-8-21-11-12(9-18-21)20-16(23)14-10-19-22(15(14)17)13-6-4-3-5-7-13/h3-7,9-11H,2,8H2,1H3,(H,20,23). The molecule has 2 heterocycles. The van der Waals surface area contributed by atoms with Crippen LogP contribution in [0.15, 0.2) is 53.5 Å². The molecular weight excluding hydrogens is 358 g/mol. The van der Waals surface area contributed by atoms with Gasteiger partial charge in [0.05, 0.1) is 29.3 Å². The van der Waals surface area contributed by atoms with Crippen LogP contribution in [0.4, 0.5) is 5.69 Å². The van der Waals surface area contributed by atoms with Crippen LogP contribution in [0.2, 0.25) is 0 Å². The molecule has 0 saturated carbocycles.